The van der Waals surface area contributed by atoms with E-state index in [2.05, 4.69) is 4.98 Å². The van der Waals surface area contributed by atoms with Crippen LogP contribution in [0.4, 0.5) is 5.69 Å². The Morgan fingerprint density at radius 3 is 2.71 bits per heavy atom. The van der Waals surface area contributed by atoms with Crippen LogP contribution >= 0.6 is 0 Å². The van der Waals surface area contributed by atoms with Crippen molar-refractivity contribution in [3.05, 3.63) is 48.3 Å². The highest BCUT2D eigenvalue weighted by Crippen LogP contribution is 2.31. The van der Waals surface area contributed by atoms with Gasteiger partial charge in [0.1, 0.15) is 17.7 Å². The van der Waals surface area contributed by atoms with Gasteiger partial charge in [-0.3, -0.25) is 4.57 Å². The molecule has 0 radical (unpaired) electrons. The van der Waals surface area contributed by atoms with E-state index in [0.29, 0.717) is 11.5 Å². The molecular formula is C16H17N3O2. The Balaban J connectivity index is 2.37. The highest BCUT2D eigenvalue weighted by molar-refractivity contribution is 5.82. The molecule has 3 N–H and O–H groups in total. The first-order chi connectivity index (χ1) is 10.1. The van der Waals surface area contributed by atoms with E-state index in [1.165, 1.54) is 0 Å². The SMILES string of the molecule is COc1ccccc1-n1c(C(C)O)nc2cc(N)ccc21. The van der Waals surface area contributed by atoms with Crippen molar-refractivity contribution in [3.63, 3.8) is 0 Å². The third kappa shape index (κ3) is 2.21. The molecule has 0 aliphatic carbocycles. The van der Waals surface area contributed by atoms with Crippen LogP contribution in [-0.2, 0) is 0 Å². The largest absolute Gasteiger partial charge is 0.495 e. The maximum atomic E-state index is 10.0. The molecule has 0 aliphatic heterocycles. The first-order valence-electron chi connectivity index (χ1n) is 6.71. The van der Waals surface area contributed by atoms with Gasteiger partial charge in [-0.15, -0.1) is 0 Å². The van der Waals surface area contributed by atoms with Crippen LogP contribution < -0.4 is 10.5 Å². The van der Waals surface area contributed by atoms with Crippen LogP contribution in [-0.4, -0.2) is 21.8 Å². The van der Waals surface area contributed by atoms with Gasteiger partial charge in [0, 0.05) is 5.69 Å². The third-order valence-corrected chi connectivity index (χ3v) is 3.40. The topological polar surface area (TPSA) is 73.3 Å². The maximum Gasteiger partial charge on any atom is 0.143 e. The minimum Gasteiger partial charge on any atom is -0.495 e. The van der Waals surface area contributed by atoms with Crippen LogP contribution in [0.15, 0.2) is 42.5 Å². The maximum absolute atomic E-state index is 10.0. The molecule has 5 nitrogen and oxygen atoms in total. The number of anilines is 1. The Kier molecular flexibility index (Phi) is 3.27. The summed E-state index contributed by atoms with van der Waals surface area (Å²) in [7, 11) is 1.62. The molecule has 3 aromatic rings. The number of rotatable bonds is 3. The molecule has 2 aromatic carbocycles. The van der Waals surface area contributed by atoms with E-state index in [0.717, 1.165) is 22.5 Å². The van der Waals surface area contributed by atoms with E-state index in [4.69, 9.17) is 10.5 Å². The molecule has 0 spiro atoms. The lowest BCUT2D eigenvalue weighted by Crippen LogP contribution is -2.06. The van der Waals surface area contributed by atoms with Crippen LogP contribution in [0.3, 0.4) is 0 Å². The number of para-hydroxylation sites is 2. The van der Waals surface area contributed by atoms with Crippen molar-refractivity contribution in [1.82, 2.24) is 9.55 Å². The summed E-state index contributed by atoms with van der Waals surface area (Å²) in [6.45, 7) is 1.69. The Morgan fingerprint density at radius 1 is 1.24 bits per heavy atom. The summed E-state index contributed by atoms with van der Waals surface area (Å²) in [5.41, 5.74) is 8.92. The second kappa shape index (κ2) is 5.10. The van der Waals surface area contributed by atoms with Crippen LogP contribution in [0.5, 0.6) is 5.75 Å². The van der Waals surface area contributed by atoms with Crippen molar-refractivity contribution in [2.75, 3.05) is 12.8 Å². The summed E-state index contributed by atoms with van der Waals surface area (Å²) < 4.78 is 7.32. The summed E-state index contributed by atoms with van der Waals surface area (Å²) in [6.07, 6.45) is -0.705. The van der Waals surface area contributed by atoms with Crippen LogP contribution in [0.2, 0.25) is 0 Å². The predicted molar refractivity (Wildman–Crippen MR) is 82.7 cm³/mol. The molecule has 108 valence electrons. The molecule has 5 heteroatoms. The first-order valence-corrected chi connectivity index (χ1v) is 6.71. The molecule has 1 aromatic heterocycles. The molecule has 0 aliphatic rings. The minimum absolute atomic E-state index is 0.556. The minimum atomic E-state index is -0.705. The number of aliphatic hydroxyl groups is 1. The zero-order chi connectivity index (χ0) is 15.0. The Hall–Kier alpha value is -2.53. The number of ether oxygens (including phenoxy) is 1. The summed E-state index contributed by atoms with van der Waals surface area (Å²) in [6, 6.07) is 13.2. The predicted octanol–water partition coefficient (Wildman–Crippen LogP) is 2.67. The van der Waals surface area contributed by atoms with Crippen molar-refractivity contribution in [1.29, 1.82) is 0 Å². The summed E-state index contributed by atoms with van der Waals surface area (Å²) in [5.74, 6) is 1.27. The van der Waals surface area contributed by atoms with Gasteiger partial charge in [-0.05, 0) is 37.3 Å². The number of nitrogens with zero attached hydrogens (tertiary/aromatic N) is 2. The van der Waals surface area contributed by atoms with Crippen LogP contribution in [0, 0.1) is 0 Å². The monoisotopic (exact) mass is 283 g/mol. The summed E-state index contributed by atoms with van der Waals surface area (Å²) >= 11 is 0. The second-order valence-electron chi connectivity index (χ2n) is 4.90. The quantitative estimate of drug-likeness (QED) is 0.725. The fourth-order valence-corrected chi connectivity index (χ4v) is 2.46. The summed E-state index contributed by atoms with van der Waals surface area (Å²) in [5, 5.41) is 10.0. The van der Waals surface area contributed by atoms with Crippen molar-refractivity contribution < 1.29 is 9.84 Å². The lowest BCUT2D eigenvalue weighted by molar-refractivity contribution is 0.187. The summed E-state index contributed by atoms with van der Waals surface area (Å²) in [4.78, 5) is 4.50. The molecule has 1 atom stereocenters. The van der Waals surface area contributed by atoms with E-state index in [1.54, 1.807) is 20.1 Å². The number of benzene rings is 2. The second-order valence-corrected chi connectivity index (χ2v) is 4.90. The average molecular weight is 283 g/mol. The number of hydrogen-bond acceptors (Lipinski definition) is 4. The van der Waals surface area contributed by atoms with Gasteiger partial charge < -0.3 is 15.6 Å². The lowest BCUT2D eigenvalue weighted by Gasteiger charge is -2.14. The number of aliphatic hydroxyl groups excluding tert-OH is 1. The van der Waals surface area contributed by atoms with E-state index in [9.17, 15) is 5.11 Å². The zero-order valence-corrected chi connectivity index (χ0v) is 11.9. The number of imidazole rings is 1. The van der Waals surface area contributed by atoms with Gasteiger partial charge >= 0.3 is 0 Å². The molecule has 0 saturated heterocycles. The average Bonchev–Trinajstić information content (AvgIpc) is 2.85. The molecule has 1 heterocycles. The molecule has 0 bridgehead atoms. The fraction of sp³-hybridized carbons (Fsp3) is 0.188. The van der Waals surface area contributed by atoms with E-state index in [-0.39, 0.29) is 0 Å². The van der Waals surface area contributed by atoms with Gasteiger partial charge in [-0.1, -0.05) is 12.1 Å². The fourth-order valence-electron chi connectivity index (χ4n) is 2.46. The number of nitrogens with two attached hydrogens (primary N) is 1. The highest BCUT2D eigenvalue weighted by atomic mass is 16.5. The Labute approximate surface area is 122 Å². The molecule has 0 fully saturated rings. The van der Waals surface area contributed by atoms with Gasteiger partial charge in [0.05, 0.1) is 23.8 Å². The Morgan fingerprint density at radius 2 is 2.00 bits per heavy atom. The van der Waals surface area contributed by atoms with E-state index >= 15 is 0 Å². The Bertz CT molecular complexity index is 793. The number of nitrogen functional groups attached to an aromatic ring is 1. The number of fused-ring (bicyclic) bond motifs is 1. The number of hydrogen-bond donors (Lipinski definition) is 2. The lowest BCUT2D eigenvalue weighted by atomic mass is 10.2. The molecule has 21 heavy (non-hydrogen) atoms. The standard InChI is InChI=1S/C16H17N3O2/c1-10(20)16-18-12-9-11(17)7-8-13(12)19(16)14-5-3-4-6-15(14)21-2/h3-10,20H,17H2,1-2H3. The van der Waals surface area contributed by atoms with Gasteiger partial charge in [0.25, 0.3) is 0 Å². The van der Waals surface area contributed by atoms with Crippen molar-refractivity contribution in [2.24, 2.45) is 0 Å². The molecule has 0 amide bonds. The van der Waals surface area contributed by atoms with Gasteiger partial charge in [-0.25, -0.2) is 4.98 Å². The van der Waals surface area contributed by atoms with Gasteiger partial charge in [0.15, 0.2) is 0 Å². The first kappa shape index (κ1) is 13.5. The number of methoxy groups -OCH3 is 1. The van der Waals surface area contributed by atoms with Crippen LogP contribution in [0.1, 0.15) is 18.9 Å². The van der Waals surface area contributed by atoms with Crippen LogP contribution in [0.25, 0.3) is 16.7 Å². The normalized spacial score (nSPS) is 12.5. The van der Waals surface area contributed by atoms with E-state index in [1.807, 2.05) is 41.0 Å². The van der Waals surface area contributed by atoms with Crippen molar-refractivity contribution >= 4 is 16.7 Å². The zero-order valence-electron chi connectivity index (χ0n) is 11.9. The highest BCUT2D eigenvalue weighted by Gasteiger charge is 2.18. The van der Waals surface area contributed by atoms with Gasteiger partial charge in [-0.2, -0.15) is 0 Å². The van der Waals surface area contributed by atoms with Crippen molar-refractivity contribution in [3.8, 4) is 11.4 Å². The smallest absolute Gasteiger partial charge is 0.143 e. The number of aromatic nitrogens is 2. The van der Waals surface area contributed by atoms with Gasteiger partial charge in [0.2, 0.25) is 0 Å². The van der Waals surface area contributed by atoms with E-state index < -0.39 is 6.10 Å². The molecule has 3 rings (SSSR count). The van der Waals surface area contributed by atoms with Crippen molar-refractivity contribution in [2.45, 2.75) is 13.0 Å². The molecule has 0 saturated carbocycles. The molecular weight excluding hydrogens is 266 g/mol. The third-order valence-electron chi connectivity index (χ3n) is 3.40. The molecule has 1 unspecified atom stereocenters.